The van der Waals surface area contributed by atoms with E-state index in [2.05, 4.69) is 4.98 Å². The van der Waals surface area contributed by atoms with Gasteiger partial charge in [0.05, 0.1) is 17.6 Å². The molecule has 98 valence electrons. The molecule has 1 fully saturated rings. The molecule has 1 atom stereocenters. The van der Waals surface area contributed by atoms with E-state index < -0.39 is 16.0 Å². The molecule has 0 spiro atoms. The van der Waals surface area contributed by atoms with Gasteiger partial charge in [-0.05, 0) is 12.1 Å². The lowest BCUT2D eigenvalue weighted by atomic mass is 10.1. The maximum atomic E-state index is 12.7. The number of rotatable bonds is 3. The second-order valence-corrected chi connectivity index (χ2v) is 5.90. The van der Waals surface area contributed by atoms with Crippen LogP contribution in [0.2, 0.25) is 0 Å². The first-order valence-corrected chi connectivity index (χ1v) is 6.99. The predicted molar refractivity (Wildman–Crippen MR) is 62.6 cm³/mol. The van der Waals surface area contributed by atoms with E-state index in [1.54, 1.807) is 0 Å². The van der Waals surface area contributed by atoms with Gasteiger partial charge in [-0.15, -0.1) is 0 Å². The number of nitrogens with two attached hydrogens (primary N) is 1. The zero-order valence-electron chi connectivity index (χ0n) is 9.41. The average Bonchev–Trinajstić information content (AvgIpc) is 2.58. The summed E-state index contributed by atoms with van der Waals surface area (Å²) in [6, 6.07) is 2.58. The van der Waals surface area contributed by atoms with E-state index in [1.165, 1.54) is 17.2 Å². The molecule has 1 saturated heterocycles. The van der Waals surface area contributed by atoms with Crippen LogP contribution in [0.1, 0.15) is 6.42 Å². The van der Waals surface area contributed by atoms with Crippen molar-refractivity contribution in [3.8, 4) is 0 Å². The molecule has 0 saturated carbocycles. The number of sulfonamides is 1. The summed E-state index contributed by atoms with van der Waals surface area (Å²) in [5, 5.41) is 4.95. The van der Waals surface area contributed by atoms with Crippen LogP contribution in [0.4, 0.5) is 10.1 Å². The Bertz CT molecular complexity index is 558. The van der Waals surface area contributed by atoms with E-state index >= 15 is 0 Å². The van der Waals surface area contributed by atoms with Crippen molar-refractivity contribution in [2.45, 2.75) is 6.42 Å². The van der Waals surface area contributed by atoms with Crippen LogP contribution < -0.4 is 10.0 Å². The monoisotopic (exact) mass is 273 g/mol. The molecule has 0 bridgehead atoms. The molecule has 1 amide bonds. The van der Waals surface area contributed by atoms with Crippen LogP contribution in [0, 0.1) is 11.9 Å². The van der Waals surface area contributed by atoms with Gasteiger partial charge in [0.25, 0.3) is 0 Å². The fraction of sp³-hybridized carbons (Fsp3) is 0.400. The molecule has 1 unspecified atom stereocenters. The lowest BCUT2D eigenvalue weighted by Gasteiger charge is -2.15. The van der Waals surface area contributed by atoms with E-state index in [-0.39, 0.29) is 30.5 Å². The highest BCUT2D eigenvalue weighted by Crippen LogP contribution is 2.25. The average molecular weight is 273 g/mol. The lowest BCUT2D eigenvalue weighted by molar-refractivity contribution is -0.117. The Morgan fingerprint density at radius 1 is 1.50 bits per heavy atom. The number of hydrogen-bond donors (Lipinski definition) is 1. The molecule has 0 aliphatic carbocycles. The zero-order chi connectivity index (χ0) is 13.3. The number of halogens is 1. The standard InChI is InChI=1S/C10H12FN3O3S/c11-9-2-1-8(4-13-9)14-5-7(3-10(14)15)6-18(12,16)17/h1-2,4,7H,3,5-6H2,(H2,12,16,17). The highest BCUT2D eigenvalue weighted by atomic mass is 32.2. The number of pyridine rings is 1. The smallest absolute Gasteiger partial charge is 0.227 e. The van der Waals surface area contributed by atoms with E-state index in [0.29, 0.717) is 5.69 Å². The van der Waals surface area contributed by atoms with E-state index in [1.807, 2.05) is 0 Å². The van der Waals surface area contributed by atoms with Crippen LogP contribution in [0.25, 0.3) is 0 Å². The van der Waals surface area contributed by atoms with Gasteiger partial charge in [-0.25, -0.2) is 18.5 Å². The number of anilines is 1. The molecule has 2 heterocycles. The quantitative estimate of drug-likeness (QED) is 0.776. The number of carbonyl (C=O) groups is 1. The second kappa shape index (κ2) is 4.62. The molecule has 1 aromatic heterocycles. The maximum Gasteiger partial charge on any atom is 0.227 e. The van der Waals surface area contributed by atoms with Gasteiger partial charge in [-0.1, -0.05) is 0 Å². The second-order valence-electron chi connectivity index (χ2n) is 4.24. The van der Waals surface area contributed by atoms with Gasteiger partial charge < -0.3 is 4.90 Å². The third-order valence-electron chi connectivity index (χ3n) is 2.70. The van der Waals surface area contributed by atoms with E-state index in [0.717, 1.165) is 6.07 Å². The van der Waals surface area contributed by atoms with Gasteiger partial charge in [0, 0.05) is 18.9 Å². The molecule has 1 aliphatic rings. The van der Waals surface area contributed by atoms with Gasteiger partial charge in [-0.2, -0.15) is 4.39 Å². The zero-order valence-corrected chi connectivity index (χ0v) is 10.2. The minimum atomic E-state index is -3.60. The minimum Gasteiger partial charge on any atom is -0.311 e. The molecule has 8 heteroatoms. The number of hydrogen-bond acceptors (Lipinski definition) is 4. The van der Waals surface area contributed by atoms with Crippen molar-refractivity contribution in [1.29, 1.82) is 0 Å². The summed E-state index contributed by atoms with van der Waals surface area (Å²) in [5.41, 5.74) is 0.457. The van der Waals surface area contributed by atoms with Crippen molar-refractivity contribution >= 4 is 21.6 Å². The summed E-state index contributed by atoms with van der Waals surface area (Å²) >= 11 is 0. The van der Waals surface area contributed by atoms with Gasteiger partial charge in [0.15, 0.2) is 0 Å². The number of primary sulfonamides is 1. The van der Waals surface area contributed by atoms with Crippen molar-refractivity contribution in [1.82, 2.24) is 4.98 Å². The van der Waals surface area contributed by atoms with Crippen molar-refractivity contribution in [3.63, 3.8) is 0 Å². The normalized spacial score (nSPS) is 20.4. The topological polar surface area (TPSA) is 93.4 Å². The first-order chi connectivity index (χ1) is 8.35. The van der Waals surface area contributed by atoms with Gasteiger partial charge in [0.2, 0.25) is 21.9 Å². The molecular weight excluding hydrogens is 261 g/mol. The third-order valence-corrected chi connectivity index (χ3v) is 3.63. The Morgan fingerprint density at radius 3 is 2.78 bits per heavy atom. The summed E-state index contributed by atoms with van der Waals surface area (Å²) in [7, 11) is -3.60. The molecule has 2 N–H and O–H groups in total. The summed E-state index contributed by atoms with van der Waals surface area (Å²) in [5.74, 6) is -1.41. The Labute approximate surface area is 104 Å². The van der Waals surface area contributed by atoms with Crippen molar-refractivity contribution in [2.24, 2.45) is 11.1 Å². The van der Waals surface area contributed by atoms with Crippen LogP contribution in [-0.2, 0) is 14.8 Å². The number of nitrogens with zero attached hydrogens (tertiary/aromatic N) is 2. The van der Waals surface area contributed by atoms with Crippen LogP contribution in [0.3, 0.4) is 0 Å². The van der Waals surface area contributed by atoms with Crippen molar-refractivity contribution in [2.75, 3.05) is 17.2 Å². The molecular formula is C10H12FN3O3S. The van der Waals surface area contributed by atoms with E-state index in [9.17, 15) is 17.6 Å². The molecule has 1 aliphatic heterocycles. The fourth-order valence-electron chi connectivity index (χ4n) is 2.00. The predicted octanol–water partition coefficient (Wildman–Crippen LogP) is -0.138. The number of aromatic nitrogens is 1. The highest BCUT2D eigenvalue weighted by Gasteiger charge is 2.32. The molecule has 6 nitrogen and oxygen atoms in total. The van der Waals surface area contributed by atoms with Gasteiger partial charge >= 0.3 is 0 Å². The first kappa shape index (κ1) is 12.9. The summed E-state index contributed by atoms with van der Waals surface area (Å²) < 4.78 is 34.6. The molecule has 0 aromatic carbocycles. The maximum absolute atomic E-state index is 12.7. The summed E-state index contributed by atoms with van der Waals surface area (Å²) in [4.78, 5) is 16.6. The Balaban J connectivity index is 2.12. The van der Waals surface area contributed by atoms with Crippen LogP contribution in [0.15, 0.2) is 18.3 Å². The fourth-order valence-corrected chi connectivity index (χ4v) is 2.88. The largest absolute Gasteiger partial charge is 0.311 e. The number of amides is 1. The van der Waals surface area contributed by atoms with Crippen LogP contribution >= 0.6 is 0 Å². The van der Waals surface area contributed by atoms with Crippen molar-refractivity contribution < 1.29 is 17.6 Å². The Kier molecular flexibility index (Phi) is 3.31. The number of carbonyl (C=O) groups excluding carboxylic acids is 1. The molecule has 2 rings (SSSR count). The van der Waals surface area contributed by atoms with E-state index in [4.69, 9.17) is 5.14 Å². The van der Waals surface area contributed by atoms with Gasteiger partial charge in [-0.3, -0.25) is 4.79 Å². The molecule has 1 aromatic rings. The molecule has 18 heavy (non-hydrogen) atoms. The summed E-state index contributed by atoms with van der Waals surface area (Å²) in [6.07, 6.45) is 1.36. The Morgan fingerprint density at radius 2 is 2.22 bits per heavy atom. The summed E-state index contributed by atoms with van der Waals surface area (Å²) in [6.45, 7) is 0.253. The Hall–Kier alpha value is -1.54. The SMILES string of the molecule is NS(=O)(=O)CC1CC(=O)N(c2ccc(F)nc2)C1. The van der Waals surface area contributed by atoms with Gasteiger partial charge in [0.1, 0.15) is 0 Å². The van der Waals surface area contributed by atoms with Crippen molar-refractivity contribution in [3.05, 3.63) is 24.3 Å². The highest BCUT2D eigenvalue weighted by molar-refractivity contribution is 7.89. The van der Waals surface area contributed by atoms with Crippen LogP contribution in [0.5, 0.6) is 0 Å². The minimum absolute atomic E-state index is 0.119. The lowest BCUT2D eigenvalue weighted by Crippen LogP contribution is -2.27. The van der Waals surface area contributed by atoms with Crippen LogP contribution in [-0.4, -0.2) is 31.6 Å². The first-order valence-electron chi connectivity index (χ1n) is 5.27. The molecule has 0 radical (unpaired) electrons. The third kappa shape index (κ3) is 3.02.